The summed E-state index contributed by atoms with van der Waals surface area (Å²) in [6, 6.07) is 2.18. The number of amides is 1. The zero-order valence-corrected chi connectivity index (χ0v) is 8.45. The number of carbonyl (C=O) groups is 1. The highest BCUT2D eigenvalue weighted by Gasteiger charge is 2.12. The number of rotatable bonds is 4. The Kier molecular flexibility index (Phi) is 5.62. The number of carbonyl (C=O) groups excluding carboxylic acids is 1. The lowest BCUT2D eigenvalue weighted by Crippen LogP contribution is -2.36. The lowest BCUT2D eigenvalue weighted by Gasteiger charge is -2.24. The van der Waals surface area contributed by atoms with Gasteiger partial charge in [-0.2, -0.15) is 5.26 Å². The molecule has 0 aromatic rings. The Balaban J connectivity index is 4.25. The van der Waals surface area contributed by atoms with Crippen LogP contribution in [0.3, 0.4) is 0 Å². The highest BCUT2D eigenvalue weighted by Crippen LogP contribution is 2.01. The van der Waals surface area contributed by atoms with E-state index in [1.54, 1.807) is 17.9 Å². The molecular formula is C10H16N2O. The molecule has 0 aromatic heterocycles. The van der Waals surface area contributed by atoms with E-state index in [9.17, 15) is 4.79 Å². The van der Waals surface area contributed by atoms with Gasteiger partial charge in [-0.3, -0.25) is 4.79 Å². The third-order valence-electron chi connectivity index (χ3n) is 1.68. The van der Waals surface area contributed by atoms with Crippen LogP contribution in [0.2, 0.25) is 0 Å². The first kappa shape index (κ1) is 11.7. The summed E-state index contributed by atoms with van der Waals surface area (Å²) in [4.78, 5) is 13.1. The van der Waals surface area contributed by atoms with Crippen molar-refractivity contribution in [2.75, 3.05) is 6.54 Å². The van der Waals surface area contributed by atoms with Crippen LogP contribution in [0.5, 0.6) is 0 Å². The number of allylic oxidation sites excluding steroid dienone is 1. The standard InChI is InChI=1S/C10H16N2O/c1-4-6-10(13)12(9(2)3)8-5-7-11/h4,6,9H,5,8H2,1-3H3. The van der Waals surface area contributed by atoms with Gasteiger partial charge in [-0.15, -0.1) is 0 Å². The van der Waals surface area contributed by atoms with Crippen LogP contribution in [0.15, 0.2) is 12.2 Å². The first-order valence-corrected chi connectivity index (χ1v) is 4.43. The Morgan fingerprint density at radius 3 is 2.62 bits per heavy atom. The smallest absolute Gasteiger partial charge is 0.246 e. The Morgan fingerprint density at radius 1 is 1.62 bits per heavy atom. The molecule has 0 spiro atoms. The second-order valence-corrected chi connectivity index (χ2v) is 3.03. The minimum Gasteiger partial charge on any atom is -0.336 e. The van der Waals surface area contributed by atoms with E-state index >= 15 is 0 Å². The van der Waals surface area contributed by atoms with Gasteiger partial charge in [-0.1, -0.05) is 6.08 Å². The van der Waals surface area contributed by atoms with E-state index < -0.39 is 0 Å². The Morgan fingerprint density at radius 2 is 2.23 bits per heavy atom. The molecule has 0 N–H and O–H groups in total. The second kappa shape index (κ2) is 6.24. The summed E-state index contributed by atoms with van der Waals surface area (Å²) in [6.45, 7) is 6.20. The molecule has 0 aliphatic heterocycles. The molecule has 0 heterocycles. The summed E-state index contributed by atoms with van der Waals surface area (Å²) in [5.41, 5.74) is 0. The van der Waals surface area contributed by atoms with Crippen LogP contribution < -0.4 is 0 Å². The van der Waals surface area contributed by atoms with Crippen molar-refractivity contribution < 1.29 is 4.79 Å². The van der Waals surface area contributed by atoms with Crippen molar-refractivity contribution in [1.29, 1.82) is 5.26 Å². The lowest BCUT2D eigenvalue weighted by atomic mass is 10.2. The average Bonchev–Trinajstić information content (AvgIpc) is 2.05. The first-order valence-electron chi connectivity index (χ1n) is 4.43. The quantitative estimate of drug-likeness (QED) is 0.618. The molecule has 3 nitrogen and oxygen atoms in total. The zero-order chi connectivity index (χ0) is 10.3. The molecule has 0 saturated carbocycles. The summed E-state index contributed by atoms with van der Waals surface area (Å²) in [5.74, 6) is -0.0206. The van der Waals surface area contributed by atoms with Gasteiger partial charge in [0.05, 0.1) is 12.5 Å². The van der Waals surface area contributed by atoms with Crippen molar-refractivity contribution in [3.8, 4) is 6.07 Å². The van der Waals surface area contributed by atoms with Crippen LogP contribution in [0, 0.1) is 11.3 Å². The van der Waals surface area contributed by atoms with E-state index in [1.807, 2.05) is 19.9 Å². The SMILES string of the molecule is CC=CC(=O)N(CCC#N)C(C)C. The predicted molar refractivity (Wildman–Crippen MR) is 51.9 cm³/mol. The van der Waals surface area contributed by atoms with Crippen LogP contribution >= 0.6 is 0 Å². The molecule has 0 fully saturated rings. The largest absolute Gasteiger partial charge is 0.336 e. The Hall–Kier alpha value is -1.30. The fourth-order valence-electron chi connectivity index (χ4n) is 1.03. The second-order valence-electron chi connectivity index (χ2n) is 3.03. The van der Waals surface area contributed by atoms with Crippen LogP contribution in [0.4, 0.5) is 0 Å². The summed E-state index contributed by atoms with van der Waals surface area (Å²) in [6.07, 6.45) is 3.63. The molecule has 0 saturated heterocycles. The minimum absolute atomic E-state index is 0.0206. The fraction of sp³-hybridized carbons (Fsp3) is 0.600. The first-order chi connectivity index (χ1) is 6.13. The molecule has 0 bridgehead atoms. The third-order valence-corrected chi connectivity index (χ3v) is 1.68. The monoisotopic (exact) mass is 180 g/mol. The van der Waals surface area contributed by atoms with Crippen LogP contribution in [-0.4, -0.2) is 23.4 Å². The fourth-order valence-corrected chi connectivity index (χ4v) is 1.03. The van der Waals surface area contributed by atoms with Crippen LogP contribution in [0.25, 0.3) is 0 Å². The van der Waals surface area contributed by atoms with E-state index in [0.29, 0.717) is 13.0 Å². The average molecular weight is 180 g/mol. The molecule has 72 valence electrons. The highest BCUT2D eigenvalue weighted by molar-refractivity contribution is 5.87. The number of hydrogen-bond donors (Lipinski definition) is 0. The van der Waals surface area contributed by atoms with Crippen molar-refractivity contribution in [1.82, 2.24) is 4.90 Å². The molecular weight excluding hydrogens is 164 g/mol. The molecule has 0 aliphatic rings. The van der Waals surface area contributed by atoms with Gasteiger partial charge in [0, 0.05) is 12.6 Å². The van der Waals surface area contributed by atoms with Crippen LogP contribution in [-0.2, 0) is 4.79 Å². The van der Waals surface area contributed by atoms with Crippen molar-refractivity contribution in [3.63, 3.8) is 0 Å². The van der Waals surface area contributed by atoms with E-state index in [-0.39, 0.29) is 11.9 Å². The van der Waals surface area contributed by atoms with Gasteiger partial charge < -0.3 is 4.90 Å². The van der Waals surface area contributed by atoms with Crippen molar-refractivity contribution >= 4 is 5.91 Å². The summed E-state index contributed by atoms with van der Waals surface area (Å²) >= 11 is 0. The van der Waals surface area contributed by atoms with E-state index in [0.717, 1.165) is 0 Å². The topological polar surface area (TPSA) is 44.1 Å². The predicted octanol–water partition coefficient (Wildman–Crippen LogP) is 1.71. The van der Waals surface area contributed by atoms with Gasteiger partial charge in [0.15, 0.2) is 0 Å². The van der Waals surface area contributed by atoms with E-state index in [2.05, 4.69) is 0 Å². The summed E-state index contributed by atoms with van der Waals surface area (Å²) < 4.78 is 0. The zero-order valence-electron chi connectivity index (χ0n) is 8.45. The van der Waals surface area contributed by atoms with Gasteiger partial charge in [-0.25, -0.2) is 0 Å². The Bertz CT molecular complexity index is 226. The number of nitriles is 1. The summed E-state index contributed by atoms with van der Waals surface area (Å²) in [5, 5.41) is 8.40. The van der Waals surface area contributed by atoms with Gasteiger partial charge >= 0.3 is 0 Å². The number of nitrogens with zero attached hydrogens (tertiary/aromatic N) is 2. The molecule has 13 heavy (non-hydrogen) atoms. The van der Waals surface area contributed by atoms with Gasteiger partial charge in [0.1, 0.15) is 0 Å². The molecule has 0 aliphatic carbocycles. The molecule has 0 unspecified atom stereocenters. The molecule has 0 rings (SSSR count). The van der Waals surface area contributed by atoms with E-state index in [1.165, 1.54) is 6.08 Å². The van der Waals surface area contributed by atoms with E-state index in [4.69, 9.17) is 5.26 Å². The number of hydrogen-bond acceptors (Lipinski definition) is 2. The summed E-state index contributed by atoms with van der Waals surface area (Å²) in [7, 11) is 0. The highest BCUT2D eigenvalue weighted by atomic mass is 16.2. The Labute approximate surface area is 79.6 Å². The molecule has 3 heteroatoms. The van der Waals surface area contributed by atoms with Gasteiger partial charge in [0.2, 0.25) is 5.91 Å². The molecule has 0 atom stereocenters. The maximum atomic E-state index is 11.4. The van der Waals surface area contributed by atoms with Crippen molar-refractivity contribution in [2.24, 2.45) is 0 Å². The molecule has 0 aromatic carbocycles. The normalized spacial score (nSPS) is 10.4. The van der Waals surface area contributed by atoms with Crippen molar-refractivity contribution in [3.05, 3.63) is 12.2 Å². The maximum absolute atomic E-state index is 11.4. The molecule has 1 amide bonds. The molecule has 0 radical (unpaired) electrons. The minimum atomic E-state index is -0.0206. The van der Waals surface area contributed by atoms with Crippen molar-refractivity contribution in [2.45, 2.75) is 33.2 Å². The van der Waals surface area contributed by atoms with Gasteiger partial charge in [-0.05, 0) is 26.8 Å². The van der Waals surface area contributed by atoms with Gasteiger partial charge in [0.25, 0.3) is 0 Å². The van der Waals surface area contributed by atoms with Crippen LogP contribution in [0.1, 0.15) is 27.2 Å². The lowest BCUT2D eigenvalue weighted by molar-refractivity contribution is -0.127. The third kappa shape index (κ3) is 4.32. The maximum Gasteiger partial charge on any atom is 0.246 e.